The molecule has 0 bridgehead atoms. The van der Waals surface area contributed by atoms with Crippen molar-refractivity contribution in [3.63, 3.8) is 0 Å². The van der Waals surface area contributed by atoms with Gasteiger partial charge in [-0.15, -0.1) is 0 Å². The minimum absolute atomic E-state index is 0.354. The smallest absolute Gasteiger partial charge is 0.337 e. The van der Waals surface area contributed by atoms with E-state index in [2.05, 4.69) is 27.2 Å². The second-order valence-corrected chi connectivity index (χ2v) is 3.44. The van der Waals surface area contributed by atoms with E-state index in [1.165, 1.54) is 7.11 Å². The van der Waals surface area contributed by atoms with Gasteiger partial charge in [-0.3, -0.25) is 0 Å². The Morgan fingerprint density at radius 1 is 1.46 bits per heavy atom. The van der Waals surface area contributed by atoms with Gasteiger partial charge < -0.3 is 4.74 Å². The van der Waals surface area contributed by atoms with Gasteiger partial charge in [0.1, 0.15) is 0 Å². The van der Waals surface area contributed by atoms with Gasteiger partial charge >= 0.3 is 5.97 Å². The van der Waals surface area contributed by atoms with Gasteiger partial charge in [-0.2, -0.15) is 0 Å². The van der Waals surface area contributed by atoms with Crippen molar-refractivity contribution in [3.8, 4) is 0 Å². The van der Waals surface area contributed by atoms with Crippen LogP contribution in [0.4, 0.5) is 0 Å². The van der Waals surface area contributed by atoms with Crippen LogP contribution in [0.2, 0.25) is 0 Å². The fourth-order valence-electron chi connectivity index (χ4n) is 0.929. The van der Waals surface area contributed by atoms with Crippen molar-refractivity contribution < 1.29 is 9.53 Å². The molecule has 0 fully saturated rings. The molecule has 0 aromatic carbocycles. The molecule has 0 aromatic heterocycles. The minimum Gasteiger partial charge on any atom is -0.465 e. The van der Waals surface area contributed by atoms with E-state index in [1.807, 2.05) is 6.08 Å². The van der Waals surface area contributed by atoms with E-state index < -0.39 is 0 Å². The third-order valence-corrected chi connectivity index (χ3v) is 2.00. The number of esters is 1. The predicted molar refractivity (Wildman–Crippen MR) is 55.4 cm³/mol. The monoisotopic (exact) mass is 240 g/mol. The van der Waals surface area contributed by atoms with Crippen LogP contribution in [0.1, 0.15) is 0 Å². The molecule has 0 saturated heterocycles. The Bertz CT molecular complexity index is 335. The number of methoxy groups -OCH3 is 1. The van der Waals surface area contributed by atoms with Gasteiger partial charge in [0.05, 0.1) is 12.7 Å². The van der Waals surface area contributed by atoms with Crippen LogP contribution in [-0.4, -0.2) is 13.1 Å². The normalized spacial score (nSPS) is 16.0. The number of rotatable bonds is 1. The first kappa shape index (κ1) is 9.99. The molecule has 0 aliphatic heterocycles. The summed E-state index contributed by atoms with van der Waals surface area (Å²) in [5, 5.41) is 0. The summed E-state index contributed by atoms with van der Waals surface area (Å²) in [5.74, 6) is -0.354. The van der Waals surface area contributed by atoms with Crippen molar-refractivity contribution >= 4 is 21.9 Å². The third kappa shape index (κ3) is 2.70. The standard InChI is InChI=1S/C10H9BrO2/c1-7-5-8(10(12)13-2)3-4-9(11)6-7/h3-6H,1H2,2H3. The first-order chi connectivity index (χ1) is 6.13. The van der Waals surface area contributed by atoms with Gasteiger partial charge in [-0.25, -0.2) is 4.79 Å². The Morgan fingerprint density at radius 3 is 2.77 bits per heavy atom. The summed E-state index contributed by atoms with van der Waals surface area (Å²) < 4.78 is 5.47. The maximum atomic E-state index is 11.2. The Kier molecular flexibility index (Phi) is 3.25. The van der Waals surface area contributed by atoms with Crippen molar-refractivity contribution in [3.05, 3.63) is 46.5 Å². The molecule has 0 amide bonds. The summed E-state index contributed by atoms with van der Waals surface area (Å²) >= 11 is 3.31. The van der Waals surface area contributed by atoms with Crippen LogP contribution < -0.4 is 0 Å². The second-order valence-electron chi connectivity index (χ2n) is 2.53. The minimum atomic E-state index is -0.354. The molecular weight excluding hydrogens is 232 g/mol. The van der Waals surface area contributed by atoms with Gasteiger partial charge in [-0.05, 0) is 29.9 Å². The highest BCUT2D eigenvalue weighted by molar-refractivity contribution is 9.11. The number of ether oxygens (including phenoxy) is 1. The number of carbonyl (C=O) groups excluding carboxylic acids is 1. The van der Waals surface area contributed by atoms with Crippen LogP contribution in [-0.2, 0) is 9.53 Å². The van der Waals surface area contributed by atoms with Crippen LogP contribution in [0.15, 0.2) is 46.5 Å². The van der Waals surface area contributed by atoms with E-state index in [9.17, 15) is 4.79 Å². The van der Waals surface area contributed by atoms with Gasteiger partial charge in [0.25, 0.3) is 0 Å². The molecule has 0 aromatic rings. The van der Waals surface area contributed by atoms with Gasteiger partial charge in [0.15, 0.2) is 0 Å². The highest BCUT2D eigenvalue weighted by Crippen LogP contribution is 2.18. The number of hydrogen-bond acceptors (Lipinski definition) is 2. The molecular formula is C10H9BrO2. The summed E-state index contributed by atoms with van der Waals surface area (Å²) in [6.07, 6.45) is 6.97. The van der Waals surface area contributed by atoms with Crippen LogP contribution in [0.3, 0.4) is 0 Å². The van der Waals surface area contributed by atoms with Gasteiger partial charge in [0.2, 0.25) is 0 Å². The molecule has 1 rings (SSSR count). The summed E-state index contributed by atoms with van der Waals surface area (Å²) in [6.45, 7) is 3.76. The van der Waals surface area contributed by atoms with E-state index in [0.29, 0.717) is 5.57 Å². The Morgan fingerprint density at radius 2 is 2.15 bits per heavy atom. The molecule has 0 N–H and O–H groups in total. The van der Waals surface area contributed by atoms with Crippen LogP contribution in [0.25, 0.3) is 0 Å². The average Bonchev–Trinajstić information content (AvgIpc) is 2.25. The number of hydrogen-bond donors (Lipinski definition) is 0. The molecule has 0 unspecified atom stereocenters. The zero-order chi connectivity index (χ0) is 9.84. The van der Waals surface area contributed by atoms with Crippen LogP contribution >= 0.6 is 15.9 Å². The lowest BCUT2D eigenvalue weighted by Crippen LogP contribution is -2.02. The predicted octanol–water partition coefficient (Wildman–Crippen LogP) is 2.49. The molecule has 0 atom stereocenters. The average molecular weight is 241 g/mol. The van der Waals surface area contributed by atoms with Crippen molar-refractivity contribution in [2.45, 2.75) is 0 Å². The first-order valence-corrected chi connectivity index (χ1v) is 4.47. The van der Waals surface area contributed by atoms with Crippen molar-refractivity contribution in [1.29, 1.82) is 0 Å². The highest BCUT2D eigenvalue weighted by atomic mass is 79.9. The maximum Gasteiger partial charge on any atom is 0.337 e. The molecule has 0 radical (unpaired) electrons. The van der Waals surface area contributed by atoms with E-state index >= 15 is 0 Å². The zero-order valence-electron chi connectivity index (χ0n) is 7.21. The molecule has 1 aliphatic rings. The molecule has 0 saturated carbocycles. The van der Waals surface area contributed by atoms with Crippen molar-refractivity contribution in [2.75, 3.05) is 7.11 Å². The van der Waals surface area contributed by atoms with E-state index in [0.717, 1.165) is 10.1 Å². The molecule has 68 valence electrons. The van der Waals surface area contributed by atoms with Crippen LogP contribution in [0, 0.1) is 0 Å². The van der Waals surface area contributed by atoms with Gasteiger partial charge in [-0.1, -0.05) is 22.5 Å². The van der Waals surface area contributed by atoms with Crippen molar-refractivity contribution in [2.24, 2.45) is 0 Å². The molecule has 1 aliphatic carbocycles. The maximum absolute atomic E-state index is 11.2. The number of allylic oxidation sites excluding steroid dienone is 5. The highest BCUT2D eigenvalue weighted by Gasteiger charge is 2.07. The topological polar surface area (TPSA) is 26.3 Å². The molecule has 0 spiro atoms. The quantitative estimate of drug-likeness (QED) is 0.659. The first-order valence-electron chi connectivity index (χ1n) is 3.67. The molecule has 3 heteroatoms. The largest absolute Gasteiger partial charge is 0.465 e. The summed E-state index contributed by atoms with van der Waals surface area (Å²) in [5.41, 5.74) is 1.26. The molecule has 0 heterocycles. The third-order valence-electron chi connectivity index (χ3n) is 1.51. The fraction of sp³-hybridized carbons (Fsp3) is 0.100. The lowest BCUT2D eigenvalue weighted by Gasteiger charge is -1.97. The number of halogens is 1. The molecule has 13 heavy (non-hydrogen) atoms. The lowest BCUT2D eigenvalue weighted by atomic mass is 10.2. The Hall–Kier alpha value is -1.09. The summed E-state index contributed by atoms with van der Waals surface area (Å²) in [4.78, 5) is 11.2. The lowest BCUT2D eigenvalue weighted by molar-refractivity contribution is -0.135. The van der Waals surface area contributed by atoms with E-state index in [1.54, 1.807) is 18.2 Å². The fourth-order valence-corrected chi connectivity index (χ4v) is 1.36. The number of carbonyl (C=O) groups is 1. The molecule has 2 nitrogen and oxygen atoms in total. The van der Waals surface area contributed by atoms with Crippen LogP contribution in [0.5, 0.6) is 0 Å². The van der Waals surface area contributed by atoms with E-state index in [4.69, 9.17) is 0 Å². The Labute approximate surface area is 85.4 Å². The SMILES string of the molecule is C=C1C=C(Br)C=CC(C(=O)OC)=C1. The summed E-state index contributed by atoms with van der Waals surface area (Å²) in [7, 11) is 1.35. The van der Waals surface area contributed by atoms with Crippen molar-refractivity contribution in [1.82, 2.24) is 0 Å². The Balaban J connectivity index is 2.97. The summed E-state index contributed by atoms with van der Waals surface area (Å²) in [6, 6.07) is 0. The van der Waals surface area contributed by atoms with E-state index in [-0.39, 0.29) is 5.97 Å². The zero-order valence-corrected chi connectivity index (χ0v) is 8.80. The second kappa shape index (κ2) is 4.23. The van der Waals surface area contributed by atoms with Gasteiger partial charge in [0, 0.05) is 4.48 Å².